The van der Waals surface area contributed by atoms with Crippen LogP contribution in [0.3, 0.4) is 0 Å². The fraction of sp³-hybridized carbons (Fsp3) is 0.538. The Balaban J connectivity index is 1.98. The van der Waals surface area contributed by atoms with E-state index < -0.39 is 0 Å². The number of nitrogens with one attached hydrogen (secondary N) is 1. The molecular weight excluding hydrogens is 238 g/mol. The van der Waals surface area contributed by atoms with E-state index in [9.17, 15) is 0 Å². The highest BCUT2D eigenvalue weighted by atomic mass is 35.5. The molecule has 1 N–H and O–H groups in total. The van der Waals surface area contributed by atoms with Crippen molar-refractivity contribution in [1.82, 2.24) is 5.32 Å². The molecule has 0 amide bonds. The number of rotatable bonds is 7. The molecule has 1 aromatic rings. The highest BCUT2D eigenvalue weighted by molar-refractivity contribution is 6.31. The second-order valence-electron chi connectivity index (χ2n) is 4.13. The van der Waals surface area contributed by atoms with Crippen molar-refractivity contribution in [2.45, 2.75) is 32.4 Å². The van der Waals surface area contributed by atoms with Crippen molar-refractivity contribution in [3.05, 3.63) is 28.8 Å². The maximum Gasteiger partial charge on any atom is 0.189 e. The smallest absolute Gasteiger partial charge is 0.189 e. The van der Waals surface area contributed by atoms with Gasteiger partial charge in [-0.25, -0.2) is 0 Å². The van der Waals surface area contributed by atoms with Gasteiger partial charge in [-0.05, 0) is 31.9 Å². The molecule has 0 atom stereocenters. The zero-order chi connectivity index (χ0) is 12.1. The fourth-order valence-electron chi connectivity index (χ4n) is 1.57. The quantitative estimate of drug-likeness (QED) is 0.600. The molecule has 4 heteroatoms. The van der Waals surface area contributed by atoms with Crippen LogP contribution in [0.5, 0.6) is 5.75 Å². The van der Waals surface area contributed by atoms with Crippen molar-refractivity contribution in [3.8, 4) is 5.75 Å². The van der Waals surface area contributed by atoms with Gasteiger partial charge in [-0.1, -0.05) is 17.7 Å². The molecule has 0 spiro atoms. The number of benzene rings is 1. The third-order valence-corrected chi connectivity index (χ3v) is 3.08. The van der Waals surface area contributed by atoms with Crippen molar-refractivity contribution in [3.63, 3.8) is 0 Å². The number of hydrogen-bond donors (Lipinski definition) is 1. The summed E-state index contributed by atoms with van der Waals surface area (Å²) in [6.45, 7) is 3.62. The molecule has 17 heavy (non-hydrogen) atoms. The van der Waals surface area contributed by atoms with E-state index in [-0.39, 0.29) is 6.79 Å². The van der Waals surface area contributed by atoms with Crippen molar-refractivity contribution in [2.24, 2.45) is 0 Å². The zero-order valence-corrected chi connectivity index (χ0v) is 10.8. The Morgan fingerprint density at radius 2 is 2.24 bits per heavy atom. The first-order valence-corrected chi connectivity index (χ1v) is 6.40. The van der Waals surface area contributed by atoms with Crippen molar-refractivity contribution in [1.29, 1.82) is 0 Å². The lowest BCUT2D eigenvalue weighted by Gasteiger charge is -2.13. The highest BCUT2D eigenvalue weighted by Crippen LogP contribution is 2.28. The van der Waals surface area contributed by atoms with Gasteiger partial charge in [-0.3, -0.25) is 0 Å². The maximum atomic E-state index is 6.19. The largest absolute Gasteiger partial charge is 0.467 e. The Morgan fingerprint density at radius 1 is 1.41 bits per heavy atom. The molecular formula is C13H18ClNO2. The monoisotopic (exact) mass is 255 g/mol. The first-order chi connectivity index (χ1) is 8.31. The number of ether oxygens (including phenoxy) is 2. The van der Waals surface area contributed by atoms with E-state index in [2.05, 4.69) is 5.32 Å². The third-order valence-electron chi connectivity index (χ3n) is 2.72. The summed E-state index contributed by atoms with van der Waals surface area (Å²) in [4.78, 5) is 0. The molecule has 0 unspecified atom stereocenters. The summed E-state index contributed by atoms with van der Waals surface area (Å²) < 4.78 is 10.7. The lowest BCUT2D eigenvalue weighted by molar-refractivity contribution is 0.0218. The molecule has 3 nitrogen and oxygen atoms in total. The minimum atomic E-state index is 0.271. The van der Waals surface area contributed by atoms with Crippen molar-refractivity contribution in [2.75, 3.05) is 13.4 Å². The van der Waals surface area contributed by atoms with Gasteiger partial charge in [0.25, 0.3) is 0 Å². The van der Waals surface area contributed by atoms with E-state index in [0.29, 0.717) is 12.6 Å². The Bertz CT molecular complexity index is 366. The highest BCUT2D eigenvalue weighted by Gasteiger charge is 2.21. The standard InChI is InChI=1S/C13H18ClNO2/c1-2-16-9-17-13-5-3-4-12(14)11(13)8-15-10-6-7-10/h3-5,10,15H,2,6-9H2,1H3. The maximum absolute atomic E-state index is 6.19. The number of halogens is 1. The topological polar surface area (TPSA) is 30.5 Å². The fourth-order valence-corrected chi connectivity index (χ4v) is 1.80. The first-order valence-electron chi connectivity index (χ1n) is 6.02. The average molecular weight is 256 g/mol. The van der Waals surface area contributed by atoms with Crippen LogP contribution in [0.1, 0.15) is 25.3 Å². The van der Waals surface area contributed by atoms with Crippen molar-refractivity contribution >= 4 is 11.6 Å². The summed E-state index contributed by atoms with van der Waals surface area (Å²) in [7, 11) is 0. The predicted molar refractivity (Wildman–Crippen MR) is 68.4 cm³/mol. The van der Waals surface area contributed by atoms with E-state index in [1.54, 1.807) is 0 Å². The molecule has 0 heterocycles. The van der Waals surface area contributed by atoms with E-state index in [4.69, 9.17) is 21.1 Å². The van der Waals surface area contributed by atoms with Crippen LogP contribution in [0.15, 0.2) is 18.2 Å². The third kappa shape index (κ3) is 3.87. The molecule has 0 aliphatic heterocycles. The molecule has 1 aromatic carbocycles. The van der Waals surface area contributed by atoms with Crippen LogP contribution in [0.4, 0.5) is 0 Å². The van der Waals surface area contributed by atoms with Crippen LogP contribution in [0.25, 0.3) is 0 Å². The lowest BCUT2D eigenvalue weighted by atomic mass is 10.2. The average Bonchev–Trinajstić information content (AvgIpc) is 3.12. The minimum Gasteiger partial charge on any atom is -0.467 e. The Morgan fingerprint density at radius 3 is 2.94 bits per heavy atom. The van der Waals surface area contributed by atoms with Crippen LogP contribution in [-0.4, -0.2) is 19.4 Å². The second-order valence-corrected chi connectivity index (χ2v) is 4.53. The first kappa shape index (κ1) is 12.7. The van der Waals surface area contributed by atoms with E-state index in [1.165, 1.54) is 12.8 Å². The Hall–Kier alpha value is -0.770. The molecule has 1 saturated carbocycles. The van der Waals surface area contributed by atoms with Crippen LogP contribution < -0.4 is 10.1 Å². The molecule has 0 radical (unpaired) electrons. The molecule has 0 saturated heterocycles. The Labute approximate surface area is 107 Å². The van der Waals surface area contributed by atoms with Crippen LogP contribution in [-0.2, 0) is 11.3 Å². The van der Waals surface area contributed by atoms with Crippen LogP contribution >= 0.6 is 11.6 Å². The summed E-state index contributed by atoms with van der Waals surface area (Å²) >= 11 is 6.19. The van der Waals surface area contributed by atoms with Gasteiger partial charge in [0, 0.05) is 29.8 Å². The van der Waals surface area contributed by atoms with Gasteiger partial charge in [-0.2, -0.15) is 0 Å². The normalized spacial score (nSPS) is 14.9. The van der Waals surface area contributed by atoms with Gasteiger partial charge < -0.3 is 14.8 Å². The predicted octanol–water partition coefficient (Wildman–Crippen LogP) is 2.96. The molecule has 2 rings (SSSR count). The van der Waals surface area contributed by atoms with E-state index in [0.717, 1.165) is 22.9 Å². The molecule has 0 aromatic heterocycles. The van der Waals surface area contributed by atoms with E-state index >= 15 is 0 Å². The van der Waals surface area contributed by atoms with Crippen LogP contribution in [0, 0.1) is 0 Å². The van der Waals surface area contributed by atoms with Gasteiger partial charge >= 0.3 is 0 Å². The minimum absolute atomic E-state index is 0.271. The summed E-state index contributed by atoms with van der Waals surface area (Å²) in [5.74, 6) is 0.805. The molecule has 1 fully saturated rings. The molecule has 1 aliphatic carbocycles. The van der Waals surface area contributed by atoms with Crippen LogP contribution in [0.2, 0.25) is 5.02 Å². The SMILES string of the molecule is CCOCOc1cccc(Cl)c1CNC1CC1. The Kier molecular flexibility index (Phi) is 4.66. The molecule has 94 valence electrons. The summed E-state index contributed by atoms with van der Waals surface area (Å²) in [6, 6.07) is 6.36. The van der Waals surface area contributed by atoms with Gasteiger partial charge in [-0.15, -0.1) is 0 Å². The molecule has 1 aliphatic rings. The van der Waals surface area contributed by atoms with Gasteiger partial charge in [0.2, 0.25) is 0 Å². The summed E-state index contributed by atoms with van der Waals surface area (Å²) in [5.41, 5.74) is 1.01. The van der Waals surface area contributed by atoms with Crippen molar-refractivity contribution < 1.29 is 9.47 Å². The summed E-state index contributed by atoms with van der Waals surface area (Å²) in [5, 5.41) is 4.18. The number of hydrogen-bond acceptors (Lipinski definition) is 3. The lowest BCUT2D eigenvalue weighted by Crippen LogP contribution is -2.16. The van der Waals surface area contributed by atoms with Gasteiger partial charge in [0.05, 0.1) is 0 Å². The van der Waals surface area contributed by atoms with E-state index in [1.807, 2.05) is 25.1 Å². The second kappa shape index (κ2) is 6.24. The van der Waals surface area contributed by atoms with Gasteiger partial charge in [0.1, 0.15) is 5.75 Å². The summed E-state index contributed by atoms with van der Waals surface area (Å²) in [6.07, 6.45) is 2.53. The molecule has 0 bridgehead atoms. The zero-order valence-electron chi connectivity index (χ0n) is 10.0. The van der Waals surface area contributed by atoms with Gasteiger partial charge in [0.15, 0.2) is 6.79 Å².